The van der Waals surface area contributed by atoms with Gasteiger partial charge in [-0.1, -0.05) is 39.7 Å². The van der Waals surface area contributed by atoms with Crippen LogP contribution in [0, 0.1) is 17.8 Å². The molecule has 0 aromatic carbocycles. The summed E-state index contributed by atoms with van der Waals surface area (Å²) in [5.74, 6) is 1.87. The molecule has 0 aromatic rings. The summed E-state index contributed by atoms with van der Waals surface area (Å²) in [6, 6.07) is 0. The van der Waals surface area contributed by atoms with Gasteiger partial charge in [-0.2, -0.15) is 0 Å². The number of hydrogen-bond donors (Lipinski definition) is 0. The van der Waals surface area contributed by atoms with Crippen LogP contribution in [0.25, 0.3) is 0 Å². The molecule has 1 aliphatic rings. The van der Waals surface area contributed by atoms with Crippen molar-refractivity contribution in [3.8, 4) is 0 Å². The van der Waals surface area contributed by atoms with Crippen molar-refractivity contribution in [3.05, 3.63) is 11.6 Å². The van der Waals surface area contributed by atoms with Crippen LogP contribution in [0.4, 0.5) is 0 Å². The molecule has 0 radical (unpaired) electrons. The van der Waals surface area contributed by atoms with E-state index in [1.54, 1.807) is 0 Å². The van der Waals surface area contributed by atoms with E-state index in [1.165, 1.54) is 25.7 Å². The molecule has 1 heteroatoms. The van der Waals surface area contributed by atoms with Crippen molar-refractivity contribution < 1.29 is 4.79 Å². The van der Waals surface area contributed by atoms with Gasteiger partial charge < -0.3 is 0 Å². The summed E-state index contributed by atoms with van der Waals surface area (Å²) in [7, 11) is 0. The predicted molar refractivity (Wildman–Crippen MR) is 60.1 cm³/mol. The molecule has 2 atom stereocenters. The summed E-state index contributed by atoms with van der Waals surface area (Å²) >= 11 is 0. The van der Waals surface area contributed by atoms with Crippen molar-refractivity contribution in [3.63, 3.8) is 0 Å². The SMILES string of the molecule is CC1CCCC(C=C(C=O)C(C)C)C1. The Hall–Kier alpha value is -0.590. The Balaban J connectivity index is 2.59. The zero-order valence-corrected chi connectivity index (χ0v) is 9.62. The molecule has 0 aliphatic heterocycles. The van der Waals surface area contributed by atoms with Gasteiger partial charge in [0.1, 0.15) is 6.29 Å². The quantitative estimate of drug-likeness (QED) is 0.495. The summed E-state index contributed by atoms with van der Waals surface area (Å²) in [4.78, 5) is 10.8. The molecular formula is C13H22O. The van der Waals surface area contributed by atoms with Crippen molar-refractivity contribution in [1.82, 2.24) is 0 Å². The summed E-state index contributed by atoms with van der Waals surface area (Å²) in [5, 5.41) is 0. The Morgan fingerprint density at radius 2 is 2.07 bits per heavy atom. The van der Waals surface area contributed by atoms with Gasteiger partial charge in [0.2, 0.25) is 0 Å². The number of allylic oxidation sites excluding steroid dienone is 2. The highest BCUT2D eigenvalue weighted by atomic mass is 16.1. The van der Waals surface area contributed by atoms with Crippen LogP contribution in [-0.4, -0.2) is 6.29 Å². The molecule has 0 N–H and O–H groups in total. The van der Waals surface area contributed by atoms with Gasteiger partial charge in [-0.15, -0.1) is 0 Å². The third-order valence-electron chi connectivity index (χ3n) is 3.21. The Kier molecular flexibility index (Phi) is 4.37. The van der Waals surface area contributed by atoms with Crippen LogP contribution in [0.1, 0.15) is 46.5 Å². The molecule has 0 bridgehead atoms. The lowest BCUT2D eigenvalue weighted by atomic mass is 9.81. The van der Waals surface area contributed by atoms with Crippen LogP contribution in [-0.2, 0) is 4.79 Å². The van der Waals surface area contributed by atoms with Crippen molar-refractivity contribution >= 4 is 6.29 Å². The molecule has 1 rings (SSSR count). The number of rotatable bonds is 3. The van der Waals surface area contributed by atoms with E-state index in [-0.39, 0.29) is 0 Å². The molecule has 0 aromatic heterocycles. The van der Waals surface area contributed by atoms with E-state index in [0.717, 1.165) is 17.8 Å². The van der Waals surface area contributed by atoms with Crippen molar-refractivity contribution in [2.45, 2.75) is 46.5 Å². The van der Waals surface area contributed by atoms with Gasteiger partial charge in [0, 0.05) is 0 Å². The molecule has 1 saturated carbocycles. The van der Waals surface area contributed by atoms with Crippen molar-refractivity contribution in [2.75, 3.05) is 0 Å². The van der Waals surface area contributed by atoms with E-state index in [1.807, 2.05) is 0 Å². The lowest BCUT2D eigenvalue weighted by Gasteiger charge is -2.25. The molecule has 0 saturated heterocycles. The van der Waals surface area contributed by atoms with Gasteiger partial charge in [-0.05, 0) is 36.2 Å². The second-order valence-corrected chi connectivity index (χ2v) is 4.97. The van der Waals surface area contributed by atoms with Crippen LogP contribution in [0.3, 0.4) is 0 Å². The highest BCUT2D eigenvalue weighted by molar-refractivity contribution is 5.73. The minimum Gasteiger partial charge on any atom is -0.298 e. The fourth-order valence-electron chi connectivity index (χ4n) is 2.27. The van der Waals surface area contributed by atoms with E-state index in [4.69, 9.17) is 0 Å². The standard InChI is InChI=1S/C13H22O/c1-10(2)13(9-14)8-12-6-4-5-11(3)7-12/h8-12H,4-7H2,1-3H3. The van der Waals surface area contributed by atoms with Gasteiger partial charge in [-0.25, -0.2) is 0 Å². The molecule has 0 amide bonds. The van der Waals surface area contributed by atoms with E-state index in [0.29, 0.717) is 11.8 Å². The zero-order valence-electron chi connectivity index (χ0n) is 9.62. The molecule has 14 heavy (non-hydrogen) atoms. The Morgan fingerprint density at radius 3 is 2.57 bits per heavy atom. The van der Waals surface area contributed by atoms with E-state index >= 15 is 0 Å². The second-order valence-electron chi connectivity index (χ2n) is 4.97. The Bertz CT molecular complexity index is 215. The minimum absolute atomic E-state index is 0.379. The molecule has 1 aliphatic carbocycles. The lowest BCUT2D eigenvalue weighted by molar-refractivity contribution is -0.105. The fraction of sp³-hybridized carbons (Fsp3) is 0.769. The number of aldehydes is 1. The smallest absolute Gasteiger partial charge is 0.145 e. The third kappa shape index (κ3) is 3.28. The van der Waals surface area contributed by atoms with E-state index in [9.17, 15) is 4.79 Å². The van der Waals surface area contributed by atoms with Crippen molar-refractivity contribution in [2.24, 2.45) is 17.8 Å². The monoisotopic (exact) mass is 194 g/mol. The van der Waals surface area contributed by atoms with Gasteiger partial charge >= 0.3 is 0 Å². The largest absolute Gasteiger partial charge is 0.298 e. The fourth-order valence-corrected chi connectivity index (χ4v) is 2.27. The molecule has 0 heterocycles. The first-order valence-electron chi connectivity index (χ1n) is 5.80. The molecule has 1 nitrogen and oxygen atoms in total. The first-order valence-corrected chi connectivity index (χ1v) is 5.80. The first kappa shape index (κ1) is 11.5. The molecular weight excluding hydrogens is 172 g/mol. The van der Waals surface area contributed by atoms with Crippen LogP contribution >= 0.6 is 0 Å². The average molecular weight is 194 g/mol. The summed E-state index contributed by atoms with van der Waals surface area (Å²) < 4.78 is 0. The Labute approximate surface area is 87.6 Å². The maximum atomic E-state index is 10.8. The maximum absolute atomic E-state index is 10.8. The Morgan fingerprint density at radius 1 is 1.36 bits per heavy atom. The maximum Gasteiger partial charge on any atom is 0.145 e. The van der Waals surface area contributed by atoms with Crippen LogP contribution in [0.15, 0.2) is 11.6 Å². The molecule has 80 valence electrons. The molecule has 2 unspecified atom stereocenters. The predicted octanol–water partition coefficient (Wildman–Crippen LogP) is 3.59. The summed E-state index contributed by atoms with van der Waals surface area (Å²) in [6.07, 6.45) is 8.48. The third-order valence-corrected chi connectivity index (χ3v) is 3.21. The zero-order chi connectivity index (χ0) is 10.6. The summed E-state index contributed by atoms with van der Waals surface area (Å²) in [6.45, 7) is 6.49. The van der Waals surface area contributed by atoms with E-state index in [2.05, 4.69) is 26.8 Å². The second kappa shape index (κ2) is 5.33. The first-order chi connectivity index (χ1) is 6.63. The van der Waals surface area contributed by atoms with Crippen LogP contribution in [0.5, 0.6) is 0 Å². The topological polar surface area (TPSA) is 17.1 Å². The van der Waals surface area contributed by atoms with Gasteiger partial charge in [0.05, 0.1) is 0 Å². The highest BCUT2D eigenvalue weighted by Crippen LogP contribution is 2.30. The number of hydrogen-bond acceptors (Lipinski definition) is 1. The van der Waals surface area contributed by atoms with Gasteiger partial charge in [0.15, 0.2) is 0 Å². The van der Waals surface area contributed by atoms with Gasteiger partial charge in [-0.3, -0.25) is 4.79 Å². The highest BCUT2D eigenvalue weighted by Gasteiger charge is 2.17. The normalized spacial score (nSPS) is 29.3. The molecule has 0 spiro atoms. The minimum atomic E-state index is 0.379. The van der Waals surface area contributed by atoms with Crippen molar-refractivity contribution in [1.29, 1.82) is 0 Å². The van der Waals surface area contributed by atoms with E-state index < -0.39 is 0 Å². The van der Waals surface area contributed by atoms with Gasteiger partial charge in [0.25, 0.3) is 0 Å². The number of carbonyl (C=O) groups is 1. The summed E-state index contributed by atoms with van der Waals surface area (Å²) in [5.41, 5.74) is 0.990. The van der Waals surface area contributed by atoms with Crippen LogP contribution in [0.2, 0.25) is 0 Å². The average Bonchev–Trinajstić information content (AvgIpc) is 2.14. The number of carbonyl (C=O) groups excluding carboxylic acids is 1. The lowest BCUT2D eigenvalue weighted by Crippen LogP contribution is -2.12. The molecule has 1 fully saturated rings. The van der Waals surface area contributed by atoms with Crippen LogP contribution < -0.4 is 0 Å².